The molecule has 1 saturated carbocycles. The monoisotopic (exact) mass is 348 g/mol. The van der Waals surface area contributed by atoms with Gasteiger partial charge in [-0.2, -0.15) is 0 Å². The second kappa shape index (κ2) is 6.47. The molecule has 0 N–H and O–H groups in total. The van der Waals surface area contributed by atoms with Gasteiger partial charge in [-0.1, -0.05) is 5.16 Å². The minimum atomic E-state index is 0.532. The Labute approximate surface area is 153 Å². The van der Waals surface area contributed by atoms with Gasteiger partial charge in [-0.15, -0.1) is 0 Å². The highest BCUT2D eigenvalue weighted by Gasteiger charge is 2.25. The number of piperidine rings is 1. The van der Waals surface area contributed by atoms with Crippen molar-refractivity contribution in [1.82, 2.24) is 20.0 Å². The zero-order valence-electron chi connectivity index (χ0n) is 15.2. The van der Waals surface area contributed by atoms with E-state index in [4.69, 9.17) is 9.51 Å². The summed E-state index contributed by atoms with van der Waals surface area (Å²) in [5.41, 5.74) is 4.67. The molecule has 0 spiro atoms. The highest BCUT2D eigenvalue weighted by Crippen LogP contribution is 2.40. The molecule has 1 aliphatic heterocycles. The summed E-state index contributed by atoms with van der Waals surface area (Å²) >= 11 is 0. The third-order valence-corrected chi connectivity index (χ3v) is 5.88. The molecule has 1 aliphatic carbocycles. The quantitative estimate of drug-likeness (QED) is 0.708. The number of nitrogens with zero attached hydrogens (tertiary/aromatic N) is 4. The van der Waals surface area contributed by atoms with Gasteiger partial charge < -0.3 is 4.52 Å². The molecule has 26 heavy (non-hydrogen) atoms. The summed E-state index contributed by atoms with van der Waals surface area (Å²) in [7, 11) is 0. The molecule has 3 aromatic rings. The predicted molar refractivity (Wildman–Crippen MR) is 100 cm³/mol. The molecule has 3 aromatic heterocycles. The van der Waals surface area contributed by atoms with Crippen LogP contribution in [0.25, 0.3) is 11.0 Å². The maximum absolute atomic E-state index is 5.17. The lowest BCUT2D eigenvalue weighted by molar-refractivity contribution is 0.202. The Morgan fingerprint density at radius 1 is 1.08 bits per heavy atom. The van der Waals surface area contributed by atoms with E-state index in [-0.39, 0.29) is 0 Å². The van der Waals surface area contributed by atoms with Crippen molar-refractivity contribution >= 4 is 11.0 Å². The standard InChI is InChI=1S/C21H24N4O/c1-14-19(12-23-26-14)13-25-8-6-16(7-9-25)20-5-4-17-10-18(15-2-3-15)11-22-21(17)24-20/h4-5,10-12,15-16H,2-3,6-9,13H2,1H3. The molecular formula is C21H24N4O. The Hall–Kier alpha value is -2.27. The van der Waals surface area contributed by atoms with E-state index in [2.05, 4.69) is 33.2 Å². The first-order valence-corrected chi connectivity index (χ1v) is 9.65. The van der Waals surface area contributed by atoms with Gasteiger partial charge in [0.05, 0.1) is 6.20 Å². The van der Waals surface area contributed by atoms with Crippen molar-refractivity contribution < 1.29 is 4.52 Å². The fraction of sp³-hybridized carbons (Fsp3) is 0.476. The maximum Gasteiger partial charge on any atom is 0.159 e. The minimum absolute atomic E-state index is 0.532. The van der Waals surface area contributed by atoms with Gasteiger partial charge in [0.1, 0.15) is 5.76 Å². The fourth-order valence-electron chi connectivity index (χ4n) is 4.01. The Balaban J connectivity index is 1.27. The number of pyridine rings is 2. The second-order valence-electron chi connectivity index (χ2n) is 7.78. The summed E-state index contributed by atoms with van der Waals surface area (Å²) < 4.78 is 5.17. The Bertz CT molecular complexity index is 923. The number of aryl methyl sites for hydroxylation is 1. The highest BCUT2D eigenvalue weighted by atomic mass is 16.5. The number of hydrogen-bond acceptors (Lipinski definition) is 5. The lowest BCUT2D eigenvalue weighted by Gasteiger charge is -2.31. The normalized spacial score (nSPS) is 19.3. The maximum atomic E-state index is 5.17. The van der Waals surface area contributed by atoms with E-state index in [1.165, 1.54) is 35.0 Å². The number of aromatic nitrogens is 3. The van der Waals surface area contributed by atoms with E-state index in [0.29, 0.717) is 5.92 Å². The molecule has 5 rings (SSSR count). The summed E-state index contributed by atoms with van der Waals surface area (Å²) in [4.78, 5) is 12.0. The second-order valence-corrected chi connectivity index (χ2v) is 7.78. The van der Waals surface area contributed by atoms with Crippen molar-refractivity contribution in [3.05, 3.63) is 53.2 Å². The van der Waals surface area contributed by atoms with E-state index in [1.807, 2.05) is 19.3 Å². The average Bonchev–Trinajstić information content (AvgIpc) is 3.45. The van der Waals surface area contributed by atoms with Crippen LogP contribution in [0, 0.1) is 6.92 Å². The van der Waals surface area contributed by atoms with Crippen LogP contribution in [0.4, 0.5) is 0 Å². The zero-order valence-corrected chi connectivity index (χ0v) is 15.2. The number of hydrogen-bond donors (Lipinski definition) is 0. The van der Waals surface area contributed by atoms with Crippen molar-refractivity contribution in [2.24, 2.45) is 0 Å². The first-order chi connectivity index (χ1) is 12.8. The molecule has 0 aromatic carbocycles. The zero-order chi connectivity index (χ0) is 17.5. The van der Waals surface area contributed by atoms with Gasteiger partial charge in [-0.3, -0.25) is 4.90 Å². The Morgan fingerprint density at radius 3 is 2.65 bits per heavy atom. The third kappa shape index (κ3) is 3.12. The molecule has 1 saturated heterocycles. The van der Waals surface area contributed by atoms with Crippen molar-refractivity contribution in [3.63, 3.8) is 0 Å². The van der Waals surface area contributed by atoms with Gasteiger partial charge in [0.15, 0.2) is 5.65 Å². The van der Waals surface area contributed by atoms with E-state index < -0.39 is 0 Å². The van der Waals surface area contributed by atoms with Crippen LogP contribution in [-0.2, 0) is 6.54 Å². The molecule has 0 atom stereocenters. The van der Waals surface area contributed by atoms with Gasteiger partial charge >= 0.3 is 0 Å². The van der Waals surface area contributed by atoms with Crippen molar-refractivity contribution in [3.8, 4) is 0 Å². The summed E-state index contributed by atoms with van der Waals surface area (Å²) in [5.74, 6) is 2.20. The molecular weight excluding hydrogens is 324 g/mol. The summed E-state index contributed by atoms with van der Waals surface area (Å²) in [6.45, 7) is 5.08. The molecule has 2 aliphatic rings. The fourth-order valence-corrected chi connectivity index (χ4v) is 4.01. The van der Waals surface area contributed by atoms with Crippen LogP contribution in [0.5, 0.6) is 0 Å². The van der Waals surface area contributed by atoms with Crippen molar-refractivity contribution in [2.45, 2.75) is 51.0 Å². The van der Waals surface area contributed by atoms with E-state index in [1.54, 1.807) is 0 Å². The van der Waals surface area contributed by atoms with Crippen LogP contribution in [-0.4, -0.2) is 33.1 Å². The van der Waals surface area contributed by atoms with Gasteiger partial charge in [-0.05, 0) is 75.4 Å². The molecule has 0 amide bonds. The molecule has 5 nitrogen and oxygen atoms in total. The van der Waals surface area contributed by atoms with Gasteiger partial charge in [0.2, 0.25) is 0 Å². The topological polar surface area (TPSA) is 55.1 Å². The molecule has 134 valence electrons. The molecule has 0 bridgehead atoms. The Kier molecular flexibility index (Phi) is 3.97. The SMILES string of the molecule is Cc1oncc1CN1CCC(c2ccc3cc(C4CC4)cnc3n2)CC1. The lowest BCUT2D eigenvalue weighted by atomic mass is 9.92. The molecule has 4 heterocycles. The Morgan fingerprint density at radius 2 is 1.92 bits per heavy atom. The van der Waals surface area contributed by atoms with Crippen LogP contribution < -0.4 is 0 Å². The van der Waals surface area contributed by atoms with Crippen LogP contribution in [0.3, 0.4) is 0 Å². The van der Waals surface area contributed by atoms with Crippen molar-refractivity contribution in [2.75, 3.05) is 13.1 Å². The smallest absolute Gasteiger partial charge is 0.159 e. The summed E-state index contributed by atoms with van der Waals surface area (Å²) in [6, 6.07) is 6.70. The van der Waals surface area contributed by atoms with Crippen LogP contribution in [0.15, 0.2) is 35.1 Å². The summed E-state index contributed by atoms with van der Waals surface area (Å²) in [6.07, 6.45) is 8.78. The van der Waals surface area contributed by atoms with Gasteiger partial charge in [0.25, 0.3) is 0 Å². The van der Waals surface area contributed by atoms with Crippen LogP contribution in [0.2, 0.25) is 0 Å². The lowest BCUT2D eigenvalue weighted by Crippen LogP contribution is -2.32. The average molecular weight is 348 g/mol. The van der Waals surface area contributed by atoms with E-state index in [9.17, 15) is 0 Å². The van der Waals surface area contributed by atoms with E-state index >= 15 is 0 Å². The van der Waals surface area contributed by atoms with E-state index in [0.717, 1.165) is 49.8 Å². The number of fused-ring (bicyclic) bond motifs is 1. The molecule has 0 radical (unpaired) electrons. The molecule has 0 unspecified atom stereocenters. The van der Waals surface area contributed by atoms with Gasteiger partial charge in [-0.25, -0.2) is 9.97 Å². The number of likely N-dealkylation sites (tertiary alicyclic amines) is 1. The molecule has 2 fully saturated rings. The minimum Gasteiger partial charge on any atom is -0.361 e. The predicted octanol–water partition coefficient (Wildman–Crippen LogP) is 4.18. The van der Waals surface area contributed by atoms with Crippen LogP contribution >= 0.6 is 0 Å². The highest BCUT2D eigenvalue weighted by molar-refractivity contribution is 5.75. The first kappa shape index (κ1) is 15.9. The van der Waals surface area contributed by atoms with Gasteiger partial charge in [0, 0.05) is 35.3 Å². The third-order valence-electron chi connectivity index (χ3n) is 5.88. The number of rotatable bonds is 4. The largest absolute Gasteiger partial charge is 0.361 e. The molecule has 5 heteroatoms. The summed E-state index contributed by atoms with van der Waals surface area (Å²) in [5, 5.41) is 5.06. The van der Waals surface area contributed by atoms with Crippen LogP contribution in [0.1, 0.15) is 60.1 Å². The first-order valence-electron chi connectivity index (χ1n) is 9.65. The van der Waals surface area contributed by atoms with Crippen molar-refractivity contribution in [1.29, 1.82) is 0 Å².